The first-order valence-corrected chi connectivity index (χ1v) is 8.85. The first-order valence-electron chi connectivity index (χ1n) is 8.85. The van der Waals surface area contributed by atoms with Crippen LogP contribution in [0.1, 0.15) is 28.4 Å². The Kier molecular flexibility index (Phi) is 5.21. The highest BCUT2D eigenvalue weighted by Crippen LogP contribution is 2.16. The lowest BCUT2D eigenvalue weighted by Gasteiger charge is -2.17. The number of rotatable bonds is 5. The standard InChI is InChI=1S/C20H23N5O2/c1-5-25-18-9-7-15(11-17(18)22-23-25)20(27)24(4)12-19(26)21-16-8-6-13(2)14(3)10-16/h6-11H,5,12H2,1-4H3,(H,21,26). The molecular formula is C20H23N5O2. The van der Waals surface area contributed by atoms with E-state index in [0.717, 1.165) is 22.3 Å². The largest absolute Gasteiger partial charge is 0.332 e. The summed E-state index contributed by atoms with van der Waals surface area (Å²) in [6, 6.07) is 11.0. The number of aromatic nitrogens is 3. The van der Waals surface area contributed by atoms with Gasteiger partial charge in [-0.15, -0.1) is 5.10 Å². The molecule has 3 aromatic rings. The van der Waals surface area contributed by atoms with Crippen LogP contribution in [0.15, 0.2) is 36.4 Å². The number of amides is 2. The molecule has 0 atom stereocenters. The fourth-order valence-corrected chi connectivity index (χ4v) is 2.87. The van der Waals surface area contributed by atoms with Crippen molar-refractivity contribution in [2.45, 2.75) is 27.3 Å². The molecule has 0 aliphatic carbocycles. The lowest BCUT2D eigenvalue weighted by molar-refractivity contribution is -0.116. The fraction of sp³-hybridized carbons (Fsp3) is 0.300. The third kappa shape index (κ3) is 3.97. The maximum absolute atomic E-state index is 12.6. The highest BCUT2D eigenvalue weighted by Gasteiger charge is 2.16. The van der Waals surface area contributed by atoms with E-state index < -0.39 is 0 Å². The SMILES string of the molecule is CCn1nnc2cc(C(=O)N(C)CC(=O)Nc3ccc(C)c(C)c3)ccc21. The molecule has 3 rings (SSSR count). The summed E-state index contributed by atoms with van der Waals surface area (Å²) in [7, 11) is 1.61. The summed E-state index contributed by atoms with van der Waals surface area (Å²) in [4.78, 5) is 26.3. The average Bonchev–Trinajstić information content (AvgIpc) is 3.06. The van der Waals surface area contributed by atoms with E-state index in [4.69, 9.17) is 0 Å². The molecule has 140 valence electrons. The van der Waals surface area contributed by atoms with Crippen LogP contribution >= 0.6 is 0 Å². The van der Waals surface area contributed by atoms with Gasteiger partial charge in [0, 0.05) is 24.8 Å². The number of hydrogen-bond donors (Lipinski definition) is 1. The van der Waals surface area contributed by atoms with Gasteiger partial charge in [0.15, 0.2) is 0 Å². The second-order valence-corrected chi connectivity index (χ2v) is 6.62. The van der Waals surface area contributed by atoms with Gasteiger partial charge in [0.1, 0.15) is 5.52 Å². The molecule has 0 unspecified atom stereocenters. The van der Waals surface area contributed by atoms with Gasteiger partial charge in [0.25, 0.3) is 5.91 Å². The Balaban J connectivity index is 1.67. The lowest BCUT2D eigenvalue weighted by Crippen LogP contribution is -2.34. The maximum Gasteiger partial charge on any atom is 0.254 e. The summed E-state index contributed by atoms with van der Waals surface area (Å²) in [6.07, 6.45) is 0. The van der Waals surface area contributed by atoms with Crippen LogP contribution in [-0.4, -0.2) is 45.3 Å². The molecule has 2 aromatic carbocycles. The van der Waals surface area contributed by atoms with E-state index in [1.54, 1.807) is 23.9 Å². The topological polar surface area (TPSA) is 80.1 Å². The molecule has 7 heteroatoms. The zero-order valence-electron chi connectivity index (χ0n) is 16.0. The van der Waals surface area contributed by atoms with Gasteiger partial charge in [-0.1, -0.05) is 11.3 Å². The number of benzene rings is 2. The average molecular weight is 365 g/mol. The second-order valence-electron chi connectivity index (χ2n) is 6.62. The van der Waals surface area contributed by atoms with Crippen LogP contribution in [0.3, 0.4) is 0 Å². The molecule has 0 aliphatic heterocycles. The van der Waals surface area contributed by atoms with E-state index >= 15 is 0 Å². The van der Waals surface area contributed by atoms with Crippen LogP contribution < -0.4 is 5.32 Å². The predicted octanol–water partition coefficient (Wildman–Crippen LogP) is 2.78. The zero-order chi connectivity index (χ0) is 19.6. The number of aryl methyl sites for hydroxylation is 3. The van der Waals surface area contributed by atoms with E-state index in [0.29, 0.717) is 17.6 Å². The normalized spacial score (nSPS) is 10.8. The Morgan fingerprint density at radius 2 is 1.89 bits per heavy atom. The summed E-state index contributed by atoms with van der Waals surface area (Å²) in [5, 5.41) is 11.0. The molecule has 0 saturated carbocycles. The van der Waals surface area contributed by atoms with Gasteiger partial charge >= 0.3 is 0 Å². The lowest BCUT2D eigenvalue weighted by atomic mass is 10.1. The molecule has 27 heavy (non-hydrogen) atoms. The van der Waals surface area contributed by atoms with Crippen molar-refractivity contribution in [3.63, 3.8) is 0 Å². The molecule has 1 N–H and O–H groups in total. The van der Waals surface area contributed by atoms with E-state index in [9.17, 15) is 9.59 Å². The van der Waals surface area contributed by atoms with E-state index in [1.165, 1.54) is 4.90 Å². The van der Waals surface area contributed by atoms with E-state index in [2.05, 4.69) is 15.6 Å². The number of fused-ring (bicyclic) bond motifs is 1. The van der Waals surface area contributed by atoms with E-state index in [1.807, 2.05) is 45.0 Å². The van der Waals surface area contributed by atoms with Gasteiger partial charge in [-0.2, -0.15) is 0 Å². The third-order valence-electron chi connectivity index (χ3n) is 4.58. The molecule has 0 fully saturated rings. The summed E-state index contributed by atoms with van der Waals surface area (Å²) in [5.74, 6) is -0.481. The number of nitrogens with one attached hydrogen (secondary N) is 1. The van der Waals surface area contributed by atoms with Gasteiger partial charge in [-0.3, -0.25) is 9.59 Å². The van der Waals surface area contributed by atoms with Crippen molar-refractivity contribution >= 4 is 28.5 Å². The van der Waals surface area contributed by atoms with Crippen LogP contribution in [-0.2, 0) is 11.3 Å². The van der Waals surface area contributed by atoms with Crippen molar-refractivity contribution in [1.82, 2.24) is 19.9 Å². The fourth-order valence-electron chi connectivity index (χ4n) is 2.87. The maximum atomic E-state index is 12.6. The number of anilines is 1. The van der Waals surface area contributed by atoms with Gasteiger partial charge < -0.3 is 10.2 Å². The monoisotopic (exact) mass is 365 g/mol. The Hall–Kier alpha value is -3.22. The van der Waals surface area contributed by atoms with Crippen LogP contribution in [0, 0.1) is 13.8 Å². The molecule has 7 nitrogen and oxygen atoms in total. The Morgan fingerprint density at radius 1 is 1.11 bits per heavy atom. The van der Waals surface area contributed by atoms with Crippen LogP contribution in [0.4, 0.5) is 5.69 Å². The van der Waals surface area contributed by atoms with Gasteiger partial charge in [0.2, 0.25) is 5.91 Å². The highest BCUT2D eigenvalue weighted by atomic mass is 16.2. The molecular weight excluding hydrogens is 342 g/mol. The van der Waals surface area contributed by atoms with Crippen molar-refractivity contribution in [3.05, 3.63) is 53.1 Å². The van der Waals surface area contributed by atoms with Gasteiger partial charge in [-0.25, -0.2) is 4.68 Å². The molecule has 0 radical (unpaired) electrons. The number of carbonyl (C=O) groups is 2. The molecule has 0 bridgehead atoms. The molecule has 1 aromatic heterocycles. The Bertz CT molecular complexity index is 1010. The van der Waals surface area contributed by atoms with Crippen LogP contribution in [0.25, 0.3) is 11.0 Å². The number of hydrogen-bond acceptors (Lipinski definition) is 4. The van der Waals surface area contributed by atoms with Crippen molar-refractivity contribution < 1.29 is 9.59 Å². The Morgan fingerprint density at radius 3 is 2.59 bits per heavy atom. The minimum atomic E-state index is -0.243. The number of likely N-dealkylation sites (N-methyl/N-ethyl adjacent to an activating group) is 1. The quantitative estimate of drug-likeness (QED) is 0.754. The smallest absolute Gasteiger partial charge is 0.254 e. The summed E-state index contributed by atoms with van der Waals surface area (Å²) < 4.78 is 1.77. The second kappa shape index (κ2) is 7.57. The molecule has 0 saturated heterocycles. The van der Waals surface area contributed by atoms with Crippen molar-refractivity contribution in [3.8, 4) is 0 Å². The van der Waals surface area contributed by atoms with Crippen molar-refractivity contribution in [2.24, 2.45) is 0 Å². The summed E-state index contributed by atoms with van der Waals surface area (Å²) >= 11 is 0. The highest BCUT2D eigenvalue weighted by molar-refractivity contribution is 6.00. The summed E-state index contributed by atoms with van der Waals surface area (Å²) in [6.45, 7) is 6.66. The van der Waals surface area contributed by atoms with E-state index in [-0.39, 0.29) is 18.4 Å². The van der Waals surface area contributed by atoms with Crippen molar-refractivity contribution in [1.29, 1.82) is 0 Å². The molecule has 0 spiro atoms. The molecule has 2 amide bonds. The van der Waals surface area contributed by atoms with Gasteiger partial charge in [-0.05, 0) is 62.2 Å². The minimum Gasteiger partial charge on any atom is -0.332 e. The third-order valence-corrected chi connectivity index (χ3v) is 4.58. The van der Waals surface area contributed by atoms with Gasteiger partial charge in [0.05, 0.1) is 12.1 Å². The molecule has 1 heterocycles. The minimum absolute atomic E-state index is 0.0363. The first-order chi connectivity index (χ1) is 12.9. The molecule has 0 aliphatic rings. The van der Waals surface area contributed by atoms with Crippen LogP contribution in [0.5, 0.6) is 0 Å². The summed E-state index contributed by atoms with van der Waals surface area (Å²) in [5.41, 5.74) is 5.01. The number of nitrogens with zero attached hydrogens (tertiary/aromatic N) is 4. The predicted molar refractivity (Wildman–Crippen MR) is 105 cm³/mol. The van der Waals surface area contributed by atoms with Crippen molar-refractivity contribution in [2.75, 3.05) is 18.9 Å². The first kappa shape index (κ1) is 18.6. The zero-order valence-corrected chi connectivity index (χ0v) is 16.0. The number of carbonyl (C=O) groups excluding carboxylic acids is 2. The Labute approximate surface area is 158 Å². The van der Waals surface area contributed by atoms with Crippen LogP contribution in [0.2, 0.25) is 0 Å².